The first-order chi connectivity index (χ1) is 8.69. The Kier molecular flexibility index (Phi) is 6.14. The average Bonchev–Trinajstić information content (AvgIpc) is 2.38. The molecular formula is C13H21N3O2. The Balaban J connectivity index is 2.48. The van der Waals surface area contributed by atoms with E-state index >= 15 is 0 Å². The number of aromatic nitrogens is 1. The predicted molar refractivity (Wildman–Crippen MR) is 71.8 cm³/mol. The van der Waals surface area contributed by atoms with Gasteiger partial charge in [-0.05, 0) is 26.1 Å². The molecule has 0 radical (unpaired) electrons. The molecule has 1 heterocycles. The maximum absolute atomic E-state index is 11.7. The molecule has 1 N–H and O–H groups in total. The Hall–Kier alpha value is -1.62. The number of carbonyl (C=O) groups excluding carboxylic acids is 1. The molecule has 0 atom stereocenters. The van der Waals surface area contributed by atoms with Gasteiger partial charge in [-0.15, -0.1) is 0 Å². The van der Waals surface area contributed by atoms with Crippen LogP contribution in [0.1, 0.15) is 20.8 Å². The van der Waals surface area contributed by atoms with E-state index in [0.29, 0.717) is 24.7 Å². The van der Waals surface area contributed by atoms with Gasteiger partial charge in [-0.2, -0.15) is 0 Å². The maximum Gasteiger partial charge on any atom is 0.238 e. The minimum Gasteiger partial charge on any atom is -0.478 e. The molecular weight excluding hydrogens is 230 g/mol. The first-order valence-corrected chi connectivity index (χ1v) is 6.30. The standard InChI is InChI=1S/C13H21N3O2/c1-4-16(5-2)10-12(17)15-11-7-8-13(14-9-11)18-6-3/h7-9H,4-6,10H2,1-3H3,(H,15,17). The highest BCUT2D eigenvalue weighted by molar-refractivity contribution is 5.92. The van der Waals surface area contributed by atoms with Gasteiger partial charge < -0.3 is 10.1 Å². The summed E-state index contributed by atoms with van der Waals surface area (Å²) in [5, 5.41) is 2.81. The zero-order chi connectivity index (χ0) is 13.4. The number of rotatable bonds is 7. The molecule has 0 aliphatic rings. The summed E-state index contributed by atoms with van der Waals surface area (Å²) in [6.07, 6.45) is 1.60. The van der Waals surface area contributed by atoms with E-state index < -0.39 is 0 Å². The molecule has 0 aromatic carbocycles. The Bertz CT molecular complexity index is 361. The first-order valence-electron chi connectivity index (χ1n) is 6.30. The van der Waals surface area contributed by atoms with E-state index in [4.69, 9.17) is 4.74 Å². The summed E-state index contributed by atoms with van der Waals surface area (Å²) in [5.74, 6) is 0.545. The van der Waals surface area contributed by atoms with E-state index in [1.165, 1.54) is 0 Å². The van der Waals surface area contributed by atoms with Gasteiger partial charge in [0.15, 0.2) is 0 Å². The van der Waals surface area contributed by atoms with Crippen molar-refractivity contribution in [3.63, 3.8) is 0 Å². The summed E-state index contributed by atoms with van der Waals surface area (Å²) in [5.41, 5.74) is 0.690. The quantitative estimate of drug-likeness (QED) is 0.802. The van der Waals surface area contributed by atoms with Crippen molar-refractivity contribution in [3.05, 3.63) is 18.3 Å². The number of pyridine rings is 1. The van der Waals surface area contributed by atoms with E-state index in [1.54, 1.807) is 18.3 Å². The van der Waals surface area contributed by atoms with Crippen LogP contribution in [-0.2, 0) is 4.79 Å². The van der Waals surface area contributed by atoms with Crippen molar-refractivity contribution in [2.24, 2.45) is 0 Å². The number of nitrogens with zero attached hydrogens (tertiary/aromatic N) is 2. The van der Waals surface area contributed by atoms with Gasteiger partial charge in [0, 0.05) is 6.07 Å². The lowest BCUT2D eigenvalue weighted by atomic mass is 10.4. The average molecular weight is 251 g/mol. The van der Waals surface area contributed by atoms with Gasteiger partial charge in [0.1, 0.15) is 0 Å². The molecule has 100 valence electrons. The van der Waals surface area contributed by atoms with Gasteiger partial charge in [-0.25, -0.2) is 4.98 Å². The van der Waals surface area contributed by atoms with Crippen LogP contribution in [-0.4, -0.2) is 42.0 Å². The van der Waals surface area contributed by atoms with E-state index in [0.717, 1.165) is 13.1 Å². The lowest BCUT2D eigenvalue weighted by molar-refractivity contribution is -0.117. The summed E-state index contributed by atoms with van der Waals surface area (Å²) in [4.78, 5) is 17.9. The van der Waals surface area contributed by atoms with Gasteiger partial charge in [0.25, 0.3) is 0 Å². The highest BCUT2D eigenvalue weighted by Crippen LogP contribution is 2.11. The monoisotopic (exact) mass is 251 g/mol. The number of hydrogen-bond acceptors (Lipinski definition) is 4. The molecule has 0 bridgehead atoms. The molecule has 0 spiro atoms. The van der Waals surface area contributed by atoms with Gasteiger partial charge in [-0.3, -0.25) is 9.69 Å². The van der Waals surface area contributed by atoms with Crippen LogP contribution in [0.4, 0.5) is 5.69 Å². The van der Waals surface area contributed by atoms with Crippen molar-refractivity contribution >= 4 is 11.6 Å². The summed E-state index contributed by atoms with van der Waals surface area (Å²) < 4.78 is 5.23. The van der Waals surface area contributed by atoms with Crippen LogP contribution in [0.5, 0.6) is 5.88 Å². The van der Waals surface area contributed by atoms with E-state index in [2.05, 4.69) is 15.2 Å². The van der Waals surface area contributed by atoms with Crippen LogP contribution in [0.2, 0.25) is 0 Å². The van der Waals surface area contributed by atoms with Crippen molar-refractivity contribution in [2.45, 2.75) is 20.8 Å². The van der Waals surface area contributed by atoms with Crippen LogP contribution >= 0.6 is 0 Å². The van der Waals surface area contributed by atoms with Gasteiger partial charge >= 0.3 is 0 Å². The van der Waals surface area contributed by atoms with Crippen molar-refractivity contribution in [1.82, 2.24) is 9.88 Å². The molecule has 0 fully saturated rings. The number of anilines is 1. The molecule has 0 saturated carbocycles. The van der Waals surface area contributed by atoms with E-state index in [9.17, 15) is 4.79 Å². The summed E-state index contributed by atoms with van der Waals surface area (Å²) >= 11 is 0. The summed E-state index contributed by atoms with van der Waals surface area (Å²) in [6.45, 7) is 8.70. The third kappa shape index (κ3) is 4.71. The fourth-order valence-corrected chi connectivity index (χ4v) is 1.54. The van der Waals surface area contributed by atoms with Gasteiger partial charge in [-0.1, -0.05) is 13.8 Å². The second kappa shape index (κ2) is 7.66. The topological polar surface area (TPSA) is 54.5 Å². The largest absolute Gasteiger partial charge is 0.478 e. The number of amides is 1. The number of carbonyl (C=O) groups is 1. The molecule has 0 aliphatic heterocycles. The van der Waals surface area contributed by atoms with Gasteiger partial charge in [0.05, 0.1) is 25.0 Å². The van der Waals surface area contributed by atoms with E-state index in [-0.39, 0.29) is 5.91 Å². The fraction of sp³-hybridized carbons (Fsp3) is 0.538. The minimum atomic E-state index is -0.0235. The Morgan fingerprint density at radius 3 is 2.56 bits per heavy atom. The first kappa shape index (κ1) is 14.4. The molecule has 1 rings (SSSR count). The van der Waals surface area contributed by atoms with Crippen molar-refractivity contribution in [3.8, 4) is 5.88 Å². The number of hydrogen-bond donors (Lipinski definition) is 1. The molecule has 0 aliphatic carbocycles. The van der Waals surface area contributed by atoms with Crippen molar-refractivity contribution < 1.29 is 9.53 Å². The third-order valence-corrected chi connectivity index (χ3v) is 2.57. The molecule has 5 heteroatoms. The molecule has 1 aromatic heterocycles. The lowest BCUT2D eigenvalue weighted by Crippen LogP contribution is -2.32. The summed E-state index contributed by atoms with van der Waals surface area (Å²) in [6, 6.07) is 3.54. The SMILES string of the molecule is CCOc1ccc(NC(=O)CN(CC)CC)cn1. The molecule has 5 nitrogen and oxygen atoms in total. The van der Waals surface area contributed by atoms with Crippen molar-refractivity contribution in [2.75, 3.05) is 31.6 Å². The zero-order valence-electron chi connectivity index (χ0n) is 11.3. The van der Waals surface area contributed by atoms with Crippen LogP contribution < -0.4 is 10.1 Å². The maximum atomic E-state index is 11.7. The third-order valence-electron chi connectivity index (χ3n) is 2.57. The van der Waals surface area contributed by atoms with Gasteiger partial charge in [0.2, 0.25) is 11.8 Å². The second-order valence-electron chi connectivity index (χ2n) is 3.83. The Labute approximate surface area is 108 Å². The fourth-order valence-electron chi connectivity index (χ4n) is 1.54. The minimum absolute atomic E-state index is 0.0235. The Morgan fingerprint density at radius 2 is 2.06 bits per heavy atom. The number of nitrogens with one attached hydrogen (secondary N) is 1. The van der Waals surface area contributed by atoms with Crippen molar-refractivity contribution in [1.29, 1.82) is 0 Å². The normalized spacial score (nSPS) is 10.4. The summed E-state index contributed by atoms with van der Waals surface area (Å²) in [7, 11) is 0. The highest BCUT2D eigenvalue weighted by Gasteiger charge is 2.07. The Morgan fingerprint density at radius 1 is 1.33 bits per heavy atom. The second-order valence-corrected chi connectivity index (χ2v) is 3.83. The number of ether oxygens (including phenoxy) is 1. The van der Waals surface area contributed by atoms with E-state index in [1.807, 2.05) is 20.8 Å². The molecule has 0 saturated heterocycles. The van der Waals surface area contributed by atoms with Crippen LogP contribution in [0, 0.1) is 0 Å². The highest BCUT2D eigenvalue weighted by atomic mass is 16.5. The lowest BCUT2D eigenvalue weighted by Gasteiger charge is -2.17. The molecule has 1 amide bonds. The molecule has 1 aromatic rings. The van der Waals surface area contributed by atoms with Crippen LogP contribution in [0.3, 0.4) is 0 Å². The van der Waals surface area contributed by atoms with Crippen LogP contribution in [0.25, 0.3) is 0 Å². The van der Waals surface area contributed by atoms with Crippen LogP contribution in [0.15, 0.2) is 18.3 Å². The zero-order valence-corrected chi connectivity index (χ0v) is 11.3. The number of likely N-dealkylation sites (N-methyl/N-ethyl adjacent to an activating group) is 1. The molecule has 18 heavy (non-hydrogen) atoms. The molecule has 0 unspecified atom stereocenters. The predicted octanol–water partition coefficient (Wildman–Crippen LogP) is 1.76. The smallest absolute Gasteiger partial charge is 0.238 e.